The summed E-state index contributed by atoms with van der Waals surface area (Å²) < 4.78 is 0. The number of nitrogens with one attached hydrogen (secondary N) is 3. The smallest absolute Gasteiger partial charge is 0.326 e. The van der Waals surface area contributed by atoms with Crippen LogP contribution >= 0.6 is 12.6 Å². The summed E-state index contributed by atoms with van der Waals surface area (Å²) in [7, 11) is 0. The van der Waals surface area contributed by atoms with Gasteiger partial charge in [-0.1, -0.05) is 13.8 Å². The number of amides is 4. The van der Waals surface area contributed by atoms with E-state index < -0.39 is 53.8 Å². The molecule has 0 fully saturated rings. The number of aliphatic carboxylic acids is 1. The van der Waals surface area contributed by atoms with E-state index in [1.165, 1.54) is 0 Å². The molecule has 184 valence electrons. The van der Waals surface area contributed by atoms with Gasteiger partial charge in [0.2, 0.25) is 23.6 Å². The molecule has 0 saturated heterocycles. The van der Waals surface area contributed by atoms with E-state index in [2.05, 4.69) is 28.6 Å². The maximum absolute atomic E-state index is 12.7. The van der Waals surface area contributed by atoms with Crippen LogP contribution in [0.15, 0.2) is 0 Å². The predicted molar refractivity (Wildman–Crippen MR) is 121 cm³/mol. The highest BCUT2D eigenvalue weighted by atomic mass is 32.1. The van der Waals surface area contributed by atoms with E-state index in [1.54, 1.807) is 13.8 Å². The lowest BCUT2D eigenvalue weighted by atomic mass is 10.0. The van der Waals surface area contributed by atoms with E-state index in [0.717, 1.165) is 0 Å². The monoisotopic (exact) mass is 476 g/mol. The highest BCUT2D eigenvalue weighted by Crippen LogP contribution is 2.05. The lowest BCUT2D eigenvalue weighted by Crippen LogP contribution is -2.58. The van der Waals surface area contributed by atoms with E-state index >= 15 is 0 Å². The molecule has 0 bridgehead atoms. The topological polar surface area (TPSA) is 220 Å². The van der Waals surface area contributed by atoms with Crippen molar-refractivity contribution in [3.05, 3.63) is 0 Å². The molecule has 0 aromatic heterocycles. The lowest BCUT2D eigenvalue weighted by Gasteiger charge is -2.25. The second-order valence-electron chi connectivity index (χ2n) is 7.76. The molecule has 32 heavy (non-hydrogen) atoms. The third-order valence-electron chi connectivity index (χ3n) is 4.71. The molecule has 0 heterocycles. The highest BCUT2D eigenvalue weighted by molar-refractivity contribution is 7.80. The second kappa shape index (κ2) is 15.4. The second-order valence-corrected chi connectivity index (χ2v) is 8.13. The quantitative estimate of drug-likeness (QED) is 0.0902. The Morgan fingerprint density at radius 2 is 1.41 bits per heavy atom. The van der Waals surface area contributed by atoms with E-state index in [1.807, 2.05) is 0 Å². The summed E-state index contributed by atoms with van der Waals surface area (Å²) in [6.07, 6.45) is 0.996. The molecular formula is C19H36N6O6S. The molecule has 0 aliphatic carbocycles. The number of carboxylic acid groups (broad SMARTS) is 1. The molecule has 4 atom stereocenters. The number of hydrogen-bond donors (Lipinski definition) is 8. The summed E-state index contributed by atoms with van der Waals surface area (Å²) in [5.41, 5.74) is 16.3. The Morgan fingerprint density at radius 3 is 1.88 bits per heavy atom. The molecule has 0 aromatic rings. The minimum Gasteiger partial charge on any atom is -0.480 e. The molecule has 10 N–H and O–H groups in total. The predicted octanol–water partition coefficient (Wildman–Crippen LogP) is -2.17. The Balaban J connectivity index is 5.24. The molecule has 12 nitrogen and oxygen atoms in total. The lowest BCUT2D eigenvalue weighted by molar-refractivity contribution is -0.142. The van der Waals surface area contributed by atoms with Gasteiger partial charge in [-0.25, -0.2) is 4.79 Å². The Kier molecular flexibility index (Phi) is 14.3. The number of hydrogen-bond acceptors (Lipinski definition) is 8. The third-order valence-corrected chi connectivity index (χ3v) is 5.08. The van der Waals surface area contributed by atoms with Gasteiger partial charge in [-0.15, -0.1) is 0 Å². The van der Waals surface area contributed by atoms with Gasteiger partial charge in [0.1, 0.15) is 18.1 Å². The van der Waals surface area contributed by atoms with Gasteiger partial charge >= 0.3 is 5.97 Å². The van der Waals surface area contributed by atoms with E-state index in [0.29, 0.717) is 19.4 Å². The number of rotatable bonds is 16. The minimum absolute atomic E-state index is 0.102. The van der Waals surface area contributed by atoms with Gasteiger partial charge in [-0.3, -0.25) is 19.2 Å². The van der Waals surface area contributed by atoms with Crippen LogP contribution in [-0.2, 0) is 24.0 Å². The molecule has 0 rings (SSSR count). The maximum Gasteiger partial charge on any atom is 0.326 e. The number of primary amides is 1. The van der Waals surface area contributed by atoms with Crippen LogP contribution in [0.25, 0.3) is 0 Å². The van der Waals surface area contributed by atoms with Crippen LogP contribution in [0.2, 0.25) is 0 Å². The average Bonchev–Trinajstić information content (AvgIpc) is 2.72. The summed E-state index contributed by atoms with van der Waals surface area (Å²) in [4.78, 5) is 60.1. The zero-order valence-corrected chi connectivity index (χ0v) is 19.4. The first-order valence-corrected chi connectivity index (χ1v) is 11.1. The van der Waals surface area contributed by atoms with E-state index in [-0.39, 0.29) is 30.9 Å². The van der Waals surface area contributed by atoms with Gasteiger partial charge in [-0.05, 0) is 38.1 Å². The van der Waals surface area contributed by atoms with Crippen LogP contribution < -0.4 is 33.2 Å². The van der Waals surface area contributed by atoms with Crippen LogP contribution in [0.3, 0.4) is 0 Å². The fourth-order valence-corrected chi connectivity index (χ4v) is 2.87. The summed E-state index contributed by atoms with van der Waals surface area (Å²) in [6, 6.07) is -4.38. The zero-order chi connectivity index (χ0) is 24.8. The first-order valence-electron chi connectivity index (χ1n) is 10.4. The number of nitrogens with two attached hydrogens (primary N) is 3. The number of unbranched alkanes of at least 4 members (excludes halogenated alkanes) is 1. The van der Waals surface area contributed by atoms with Crippen molar-refractivity contribution in [3.63, 3.8) is 0 Å². The standard InChI is InChI=1S/C19H36N6O6S/c1-10(2)15(22)18(29)23-11(6-7-14(21)26)16(27)25-13(9-32)17(28)24-12(19(30)31)5-3-4-8-20/h10-13,15,32H,3-9,20,22H2,1-2H3,(H2,21,26)(H,23,29)(H,24,28)(H,25,27)(H,30,31). The van der Waals surface area contributed by atoms with Crippen molar-refractivity contribution in [2.75, 3.05) is 12.3 Å². The molecule has 0 aliphatic rings. The van der Waals surface area contributed by atoms with Gasteiger partial charge < -0.3 is 38.3 Å². The molecule has 0 saturated carbocycles. The SMILES string of the molecule is CC(C)C(N)C(=O)NC(CCC(N)=O)C(=O)NC(CS)C(=O)NC(CCCCN)C(=O)O. The summed E-state index contributed by atoms with van der Waals surface area (Å²) in [6.45, 7) is 3.86. The van der Waals surface area contributed by atoms with Crippen LogP contribution in [0.4, 0.5) is 0 Å². The van der Waals surface area contributed by atoms with Gasteiger partial charge in [0.15, 0.2) is 0 Å². The van der Waals surface area contributed by atoms with Crippen molar-refractivity contribution in [2.45, 2.75) is 70.1 Å². The molecule has 4 unspecified atom stereocenters. The third kappa shape index (κ3) is 11.3. The molecule has 0 radical (unpaired) electrons. The van der Waals surface area contributed by atoms with Crippen LogP contribution in [0, 0.1) is 5.92 Å². The van der Waals surface area contributed by atoms with Gasteiger partial charge in [0.05, 0.1) is 6.04 Å². The van der Waals surface area contributed by atoms with Gasteiger partial charge in [0, 0.05) is 12.2 Å². The van der Waals surface area contributed by atoms with E-state index in [4.69, 9.17) is 17.2 Å². The summed E-state index contributed by atoms with van der Waals surface area (Å²) in [5.74, 6) is -4.30. The van der Waals surface area contributed by atoms with Crippen molar-refractivity contribution < 1.29 is 29.1 Å². The van der Waals surface area contributed by atoms with Crippen molar-refractivity contribution in [2.24, 2.45) is 23.1 Å². The summed E-state index contributed by atoms with van der Waals surface area (Å²) >= 11 is 4.05. The first-order chi connectivity index (χ1) is 14.9. The average molecular weight is 477 g/mol. The molecule has 13 heteroatoms. The van der Waals surface area contributed by atoms with Gasteiger partial charge in [-0.2, -0.15) is 12.6 Å². The maximum atomic E-state index is 12.7. The van der Waals surface area contributed by atoms with Crippen LogP contribution in [0.1, 0.15) is 46.0 Å². The molecular weight excluding hydrogens is 440 g/mol. The Morgan fingerprint density at radius 1 is 0.875 bits per heavy atom. The van der Waals surface area contributed by atoms with E-state index in [9.17, 15) is 29.1 Å². The summed E-state index contributed by atoms with van der Waals surface area (Å²) in [5, 5.41) is 16.6. The Labute approximate surface area is 193 Å². The molecule has 0 aromatic carbocycles. The number of carbonyl (C=O) groups excluding carboxylic acids is 4. The fourth-order valence-electron chi connectivity index (χ4n) is 2.62. The number of carbonyl (C=O) groups is 5. The zero-order valence-electron chi connectivity index (χ0n) is 18.5. The Bertz CT molecular complexity index is 662. The van der Waals surface area contributed by atoms with Crippen molar-refractivity contribution in [1.29, 1.82) is 0 Å². The minimum atomic E-state index is -1.21. The van der Waals surface area contributed by atoms with Crippen molar-refractivity contribution in [1.82, 2.24) is 16.0 Å². The van der Waals surface area contributed by atoms with Crippen LogP contribution in [-0.4, -0.2) is 71.2 Å². The van der Waals surface area contributed by atoms with Crippen molar-refractivity contribution >= 4 is 42.2 Å². The normalized spacial score (nSPS) is 14.7. The molecule has 0 aliphatic heterocycles. The largest absolute Gasteiger partial charge is 0.480 e. The highest BCUT2D eigenvalue weighted by Gasteiger charge is 2.30. The van der Waals surface area contributed by atoms with Crippen molar-refractivity contribution in [3.8, 4) is 0 Å². The first kappa shape index (κ1) is 29.6. The number of carboxylic acids is 1. The Hall–Kier alpha value is -2.38. The fraction of sp³-hybridized carbons (Fsp3) is 0.737. The van der Waals surface area contributed by atoms with Gasteiger partial charge in [0.25, 0.3) is 0 Å². The number of thiol groups is 1. The van der Waals surface area contributed by atoms with Crippen LogP contribution in [0.5, 0.6) is 0 Å². The molecule has 4 amide bonds. The molecule has 0 spiro atoms.